The molecule has 14 heavy (non-hydrogen) atoms. The molecular formula is C8H11BrN2O3. The van der Waals surface area contributed by atoms with E-state index in [0.717, 1.165) is 4.90 Å². The highest BCUT2D eigenvalue weighted by Crippen LogP contribution is 2.11. The van der Waals surface area contributed by atoms with E-state index in [0.29, 0.717) is 0 Å². The molecule has 1 aliphatic heterocycles. The zero-order chi connectivity index (χ0) is 10.9. The molecule has 1 heterocycles. The Kier molecular flexibility index (Phi) is 3.25. The number of alkyl halides is 1. The molecule has 1 rings (SSSR count). The van der Waals surface area contributed by atoms with Gasteiger partial charge in [-0.15, -0.1) is 0 Å². The van der Waals surface area contributed by atoms with Crippen LogP contribution in [0.5, 0.6) is 0 Å². The van der Waals surface area contributed by atoms with Crippen LogP contribution in [0.15, 0.2) is 0 Å². The second-order valence-corrected chi connectivity index (χ2v) is 4.55. The molecule has 0 radical (unpaired) electrons. The zero-order valence-electron chi connectivity index (χ0n) is 7.91. The van der Waals surface area contributed by atoms with E-state index in [9.17, 15) is 14.4 Å². The standard InChI is InChI=1S/C8H11BrN2O3/c1-4(9)7(13)10-5-3-6(12)11(2)8(5)14/h4-5H,3H2,1-2H3,(H,10,13). The Morgan fingerprint density at radius 1 is 1.64 bits per heavy atom. The van der Waals surface area contributed by atoms with Crippen LogP contribution in [0.4, 0.5) is 0 Å². The molecule has 1 N–H and O–H groups in total. The molecule has 1 aliphatic rings. The van der Waals surface area contributed by atoms with Gasteiger partial charge in [-0.1, -0.05) is 15.9 Å². The first-order valence-electron chi connectivity index (χ1n) is 4.18. The summed E-state index contributed by atoms with van der Waals surface area (Å²) in [5.41, 5.74) is 0. The van der Waals surface area contributed by atoms with Gasteiger partial charge in [-0.3, -0.25) is 19.3 Å². The number of carbonyl (C=O) groups excluding carboxylic acids is 3. The Bertz CT molecular complexity index is 290. The summed E-state index contributed by atoms with van der Waals surface area (Å²) in [6.45, 7) is 1.65. The highest BCUT2D eigenvalue weighted by atomic mass is 79.9. The highest BCUT2D eigenvalue weighted by molar-refractivity contribution is 9.10. The van der Waals surface area contributed by atoms with Gasteiger partial charge in [-0.25, -0.2) is 0 Å². The van der Waals surface area contributed by atoms with Crippen LogP contribution in [0.3, 0.4) is 0 Å². The van der Waals surface area contributed by atoms with Crippen LogP contribution in [-0.4, -0.2) is 40.5 Å². The molecule has 0 aliphatic carbocycles. The summed E-state index contributed by atoms with van der Waals surface area (Å²) in [7, 11) is 1.41. The summed E-state index contributed by atoms with van der Waals surface area (Å²) in [4.78, 5) is 34.3. The first-order chi connectivity index (χ1) is 6.43. The van der Waals surface area contributed by atoms with E-state index in [4.69, 9.17) is 0 Å². The fourth-order valence-electron chi connectivity index (χ4n) is 1.15. The minimum absolute atomic E-state index is 0.0563. The second kappa shape index (κ2) is 4.08. The summed E-state index contributed by atoms with van der Waals surface area (Å²) in [5, 5.41) is 2.49. The SMILES string of the molecule is CC(Br)C(=O)NC1CC(=O)N(C)C1=O. The number of nitrogens with one attached hydrogen (secondary N) is 1. The Hall–Kier alpha value is -0.910. The van der Waals surface area contributed by atoms with Gasteiger partial charge in [0.25, 0.3) is 5.91 Å². The van der Waals surface area contributed by atoms with E-state index in [1.165, 1.54) is 7.05 Å². The maximum absolute atomic E-state index is 11.3. The number of carbonyl (C=O) groups is 3. The van der Waals surface area contributed by atoms with Crippen LogP contribution in [0, 0.1) is 0 Å². The number of nitrogens with zero attached hydrogens (tertiary/aromatic N) is 1. The van der Waals surface area contributed by atoms with E-state index in [1.54, 1.807) is 6.92 Å². The minimum atomic E-state index is -0.694. The Balaban J connectivity index is 2.60. The molecule has 0 aromatic carbocycles. The third-order valence-corrected chi connectivity index (χ3v) is 2.48. The van der Waals surface area contributed by atoms with Gasteiger partial charge in [-0.05, 0) is 6.92 Å². The summed E-state index contributed by atoms with van der Waals surface area (Å²) < 4.78 is 0. The molecule has 78 valence electrons. The molecule has 0 bridgehead atoms. The topological polar surface area (TPSA) is 66.5 Å². The van der Waals surface area contributed by atoms with Crippen LogP contribution >= 0.6 is 15.9 Å². The van der Waals surface area contributed by atoms with Crippen LogP contribution < -0.4 is 5.32 Å². The Labute approximate surface area is 89.9 Å². The first-order valence-corrected chi connectivity index (χ1v) is 5.10. The molecule has 2 atom stereocenters. The third-order valence-electron chi connectivity index (χ3n) is 2.06. The lowest BCUT2D eigenvalue weighted by molar-refractivity contribution is -0.138. The van der Waals surface area contributed by atoms with Crippen LogP contribution in [0.25, 0.3) is 0 Å². The van der Waals surface area contributed by atoms with Crippen LogP contribution in [0.1, 0.15) is 13.3 Å². The lowest BCUT2D eigenvalue weighted by atomic mass is 10.2. The average Bonchev–Trinajstić information content (AvgIpc) is 2.33. The van der Waals surface area contributed by atoms with Crippen molar-refractivity contribution in [1.29, 1.82) is 0 Å². The summed E-state index contributed by atoms with van der Waals surface area (Å²) in [6.07, 6.45) is 0.0563. The number of likely N-dealkylation sites (N-methyl/N-ethyl adjacent to an activating group) is 1. The zero-order valence-corrected chi connectivity index (χ0v) is 9.50. The van der Waals surface area contributed by atoms with Gasteiger partial charge in [0.2, 0.25) is 11.8 Å². The molecule has 0 spiro atoms. The van der Waals surface area contributed by atoms with E-state index < -0.39 is 6.04 Å². The number of amides is 3. The predicted molar refractivity (Wildman–Crippen MR) is 52.7 cm³/mol. The predicted octanol–water partition coefficient (Wildman–Crippen LogP) is -0.357. The van der Waals surface area contributed by atoms with Crippen molar-refractivity contribution in [3.05, 3.63) is 0 Å². The summed E-state index contributed by atoms with van der Waals surface area (Å²) in [5.74, 6) is -0.898. The molecule has 3 amide bonds. The van der Waals surface area contributed by atoms with Crippen LogP contribution in [-0.2, 0) is 14.4 Å². The highest BCUT2D eigenvalue weighted by Gasteiger charge is 2.37. The second-order valence-electron chi connectivity index (χ2n) is 3.17. The summed E-state index contributed by atoms with van der Waals surface area (Å²) >= 11 is 3.08. The van der Waals surface area contributed by atoms with Crippen molar-refractivity contribution in [2.45, 2.75) is 24.2 Å². The van der Waals surface area contributed by atoms with Crippen molar-refractivity contribution >= 4 is 33.7 Å². The number of hydrogen-bond donors (Lipinski definition) is 1. The van der Waals surface area contributed by atoms with Crippen molar-refractivity contribution in [3.8, 4) is 0 Å². The monoisotopic (exact) mass is 262 g/mol. The van der Waals surface area contributed by atoms with Crippen molar-refractivity contribution < 1.29 is 14.4 Å². The number of halogens is 1. The lowest BCUT2D eigenvalue weighted by Gasteiger charge is -2.11. The largest absolute Gasteiger partial charge is 0.343 e. The van der Waals surface area contributed by atoms with Gasteiger partial charge in [0.05, 0.1) is 11.2 Å². The maximum Gasteiger partial charge on any atom is 0.252 e. The molecule has 2 unspecified atom stereocenters. The van der Waals surface area contributed by atoms with Gasteiger partial charge in [0.1, 0.15) is 6.04 Å². The molecule has 1 fully saturated rings. The molecule has 0 aromatic rings. The third kappa shape index (κ3) is 2.12. The fraction of sp³-hybridized carbons (Fsp3) is 0.625. The van der Waals surface area contributed by atoms with E-state index >= 15 is 0 Å². The van der Waals surface area contributed by atoms with Crippen molar-refractivity contribution in [1.82, 2.24) is 10.2 Å². The molecule has 5 nitrogen and oxygen atoms in total. The van der Waals surface area contributed by atoms with Gasteiger partial charge >= 0.3 is 0 Å². The van der Waals surface area contributed by atoms with Crippen molar-refractivity contribution in [2.75, 3.05) is 7.05 Å². The average molecular weight is 263 g/mol. The van der Waals surface area contributed by atoms with Gasteiger partial charge in [0.15, 0.2) is 0 Å². The molecule has 0 saturated carbocycles. The lowest BCUT2D eigenvalue weighted by Crippen LogP contribution is -2.43. The minimum Gasteiger partial charge on any atom is -0.343 e. The molecule has 0 aromatic heterocycles. The number of imide groups is 1. The number of hydrogen-bond acceptors (Lipinski definition) is 3. The van der Waals surface area contributed by atoms with Gasteiger partial charge in [0, 0.05) is 7.05 Å². The molecule has 6 heteroatoms. The Morgan fingerprint density at radius 2 is 2.21 bits per heavy atom. The molecule has 1 saturated heterocycles. The molecular weight excluding hydrogens is 252 g/mol. The first kappa shape index (κ1) is 11.2. The van der Waals surface area contributed by atoms with Crippen molar-refractivity contribution in [2.24, 2.45) is 0 Å². The van der Waals surface area contributed by atoms with E-state index in [-0.39, 0.29) is 29.0 Å². The van der Waals surface area contributed by atoms with E-state index in [1.807, 2.05) is 0 Å². The fourth-order valence-corrected chi connectivity index (χ4v) is 1.29. The maximum atomic E-state index is 11.3. The smallest absolute Gasteiger partial charge is 0.252 e. The van der Waals surface area contributed by atoms with Crippen molar-refractivity contribution in [3.63, 3.8) is 0 Å². The van der Waals surface area contributed by atoms with E-state index in [2.05, 4.69) is 21.2 Å². The Morgan fingerprint density at radius 3 is 2.57 bits per heavy atom. The van der Waals surface area contributed by atoms with Gasteiger partial charge < -0.3 is 5.32 Å². The number of likely N-dealkylation sites (tertiary alicyclic amines) is 1. The quantitative estimate of drug-likeness (QED) is 0.546. The van der Waals surface area contributed by atoms with Crippen LogP contribution in [0.2, 0.25) is 0 Å². The summed E-state index contributed by atoms with van der Waals surface area (Å²) in [6, 6.07) is -0.694. The number of rotatable bonds is 2. The van der Waals surface area contributed by atoms with Gasteiger partial charge in [-0.2, -0.15) is 0 Å². The normalized spacial score (nSPS) is 23.9.